The molecule has 0 bridgehead atoms. The number of nitrogens with zero attached hydrogens (tertiary/aromatic N) is 1. The monoisotopic (exact) mass is 457 g/mol. The topological polar surface area (TPSA) is 57.6 Å². The van der Waals surface area contributed by atoms with E-state index < -0.39 is 24.8 Å². The van der Waals surface area contributed by atoms with Gasteiger partial charge in [-0.1, -0.05) is 29.8 Å². The van der Waals surface area contributed by atoms with Crippen LogP contribution in [0.15, 0.2) is 54.6 Å². The molecule has 0 saturated heterocycles. The van der Waals surface area contributed by atoms with Crippen LogP contribution < -0.4 is 4.90 Å². The maximum absolute atomic E-state index is 13.5. The van der Waals surface area contributed by atoms with Gasteiger partial charge in [0.25, 0.3) is 0 Å². The van der Waals surface area contributed by atoms with Crippen molar-refractivity contribution in [3.8, 4) is 0 Å². The summed E-state index contributed by atoms with van der Waals surface area (Å²) in [7, 11) is -3.93. The SMILES string of the molecule is C=CN(C(=O)C(c1csc2ccc(Cl)cc12)P(C)(=O)O)c1ccc(F)c(Cl)c1. The van der Waals surface area contributed by atoms with Gasteiger partial charge < -0.3 is 4.89 Å². The van der Waals surface area contributed by atoms with E-state index in [1.807, 2.05) is 0 Å². The number of fused-ring (bicyclic) bond motifs is 1. The number of anilines is 1. The van der Waals surface area contributed by atoms with Crippen LogP contribution >= 0.6 is 41.9 Å². The molecule has 0 aliphatic heterocycles. The average Bonchev–Trinajstić information content (AvgIpc) is 3.00. The standard InChI is InChI=1S/C19H15Cl2FNO3PS/c1-3-23(12-5-6-16(22)15(21)9-12)19(24)18(27(2,25)26)14-10-28-17-7-4-11(20)8-13(14)17/h3-10,18H,1H2,2H3,(H,25,26). The Morgan fingerprint density at radius 1 is 1.32 bits per heavy atom. The second-order valence-corrected chi connectivity index (χ2v) is 10.3. The molecule has 0 saturated carbocycles. The van der Waals surface area contributed by atoms with E-state index in [9.17, 15) is 18.6 Å². The first-order chi connectivity index (χ1) is 13.1. The smallest absolute Gasteiger partial charge is 0.248 e. The van der Waals surface area contributed by atoms with Gasteiger partial charge in [0.2, 0.25) is 13.3 Å². The molecule has 1 amide bonds. The third kappa shape index (κ3) is 4.02. The molecule has 0 aliphatic rings. The van der Waals surface area contributed by atoms with Gasteiger partial charge in [-0.25, -0.2) is 4.39 Å². The second-order valence-electron chi connectivity index (χ2n) is 6.17. The Hall–Kier alpha value is -1.69. The van der Waals surface area contributed by atoms with Crippen molar-refractivity contribution in [2.75, 3.05) is 11.6 Å². The summed E-state index contributed by atoms with van der Waals surface area (Å²) in [4.78, 5) is 24.8. The fourth-order valence-corrected chi connectivity index (χ4v) is 5.60. The molecule has 1 heterocycles. The zero-order valence-corrected chi connectivity index (χ0v) is 17.8. The summed E-state index contributed by atoms with van der Waals surface area (Å²) in [6.07, 6.45) is 1.20. The largest absolute Gasteiger partial charge is 0.344 e. The van der Waals surface area contributed by atoms with Crippen LogP contribution in [0.25, 0.3) is 10.1 Å². The summed E-state index contributed by atoms with van der Waals surface area (Å²) in [6.45, 7) is 4.74. The summed E-state index contributed by atoms with van der Waals surface area (Å²) in [5.74, 6) is -1.31. The molecule has 28 heavy (non-hydrogen) atoms. The number of amides is 1. The molecule has 3 rings (SSSR count). The highest BCUT2D eigenvalue weighted by atomic mass is 35.5. The first-order valence-electron chi connectivity index (χ1n) is 8.00. The highest BCUT2D eigenvalue weighted by Crippen LogP contribution is 2.55. The summed E-state index contributed by atoms with van der Waals surface area (Å²) in [5, 5.41) is 2.58. The van der Waals surface area contributed by atoms with Crippen LogP contribution in [0.4, 0.5) is 10.1 Å². The Balaban J connectivity index is 2.14. The molecule has 2 atom stereocenters. The Kier molecular flexibility index (Phi) is 5.99. The van der Waals surface area contributed by atoms with Crippen molar-refractivity contribution in [3.63, 3.8) is 0 Å². The van der Waals surface area contributed by atoms with E-state index in [0.29, 0.717) is 16.0 Å². The van der Waals surface area contributed by atoms with Gasteiger partial charge in [0.15, 0.2) is 0 Å². The zero-order chi connectivity index (χ0) is 20.6. The molecular formula is C19H15Cl2FNO3PS. The maximum atomic E-state index is 13.5. The van der Waals surface area contributed by atoms with Crippen molar-refractivity contribution >= 4 is 63.6 Å². The second kappa shape index (κ2) is 7.97. The van der Waals surface area contributed by atoms with Gasteiger partial charge in [-0.3, -0.25) is 14.3 Å². The van der Waals surface area contributed by atoms with Crippen molar-refractivity contribution in [1.29, 1.82) is 0 Å². The summed E-state index contributed by atoms with van der Waals surface area (Å²) in [6, 6.07) is 8.87. The van der Waals surface area contributed by atoms with Crippen LogP contribution in [0.1, 0.15) is 11.2 Å². The van der Waals surface area contributed by atoms with E-state index >= 15 is 0 Å². The fraction of sp³-hybridized carbons (Fsp3) is 0.105. The lowest BCUT2D eigenvalue weighted by Gasteiger charge is -2.26. The van der Waals surface area contributed by atoms with Gasteiger partial charge in [0.1, 0.15) is 11.5 Å². The first-order valence-corrected chi connectivity index (χ1v) is 11.8. The van der Waals surface area contributed by atoms with Gasteiger partial charge in [0, 0.05) is 28.3 Å². The van der Waals surface area contributed by atoms with E-state index in [-0.39, 0.29) is 10.7 Å². The molecular weight excluding hydrogens is 443 g/mol. The van der Waals surface area contributed by atoms with Crippen LogP contribution in [-0.4, -0.2) is 17.5 Å². The zero-order valence-electron chi connectivity index (χ0n) is 14.6. The highest BCUT2D eigenvalue weighted by Gasteiger charge is 2.39. The minimum atomic E-state index is -3.93. The molecule has 2 unspecified atom stereocenters. The van der Waals surface area contributed by atoms with Crippen LogP contribution in [0.2, 0.25) is 10.0 Å². The van der Waals surface area contributed by atoms with E-state index in [2.05, 4.69) is 6.58 Å². The molecule has 146 valence electrons. The number of benzene rings is 2. The van der Waals surface area contributed by atoms with Crippen molar-refractivity contribution in [2.24, 2.45) is 0 Å². The van der Waals surface area contributed by atoms with Crippen LogP contribution in [0, 0.1) is 5.82 Å². The number of hydrogen-bond donors (Lipinski definition) is 1. The molecule has 1 aromatic heterocycles. The minimum Gasteiger partial charge on any atom is -0.344 e. The number of thiophene rings is 1. The van der Waals surface area contributed by atoms with Crippen molar-refractivity contribution in [3.05, 3.63) is 76.0 Å². The Bertz CT molecular complexity index is 1130. The van der Waals surface area contributed by atoms with E-state index in [0.717, 1.165) is 22.3 Å². The van der Waals surface area contributed by atoms with Crippen LogP contribution in [0.3, 0.4) is 0 Å². The molecule has 0 aliphatic carbocycles. The van der Waals surface area contributed by atoms with Crippen molar-refractivity contribution in [2.45, 2.75) is 5.66 Å². The summed E-state index contributed by atoms with van der Waals surface area (Å²) >= 11 is 13.2. The van der Waals surface area contributed by atoms with Crippen molar-refractivity contribution in [1.82, 2.24) is 0 Å². The van der Waals surface area contributed by atoms with E-state index in [4.69, 9.17) is 23.2 Å². The van der Waals surface area contributed by atoms with E-state index in [1.54, 1.807) is 23.6 Å². The molecule has 4 nitrogen and oxygen atoms in total. The average molecular weight is 458 g/mol. The molecule has 0 fully saturated rings. The maximum Gasteiger partial charge on any atom is 0.248 e. The van der Waals surface area contributed by atoms with Gasteiger partial charge in [0.05, 0.1) is 5.02 Å². The minimum absolute atomic E-state index is 0.176. The Morgan fingerprint density at radius 2 is 2.04 bits per heavy atom. The number of halogens is 3. The lowest BCUT2D eigenvalue weighted by atomic mass is 10.1. The molecule has 3 aromatic rings. The van der Waals surface area contributed by atoms with Crippen molar-refractivity contribution < 1.29 is 18.6 Å². The fourth-order valence-electron chi connectivity index (χ4n) is 2.92. The Morgan fingerprint density at radius 3 is 2.64 bits per heavy atom. The third-order valence-electron chi connectivity index (χ3n) is 4.17. The molecule has 1 N–H and O–H groups in total. The predicted molar refractivity (Wildman–Crippen MR) is 114 cm³/mol. The number of carbonyl (C=O) groups is 1. The van der Waals surface area contributed by atoms with E-state index in [1.165, 1.54) is 29.7 Å². The molecule has 2 aromatic carbocycles. The van der Waals surface area contributed by atoms with Gasteiger partial charge in [-0.05, 0) is 52.7 Å². The quantitative estimate of drug-likeness (QED) is 0.446. The summed E-state index contributed by atoms with van der Waals surface area (Å²) < 4.78 is 27.0. The van der Waals surface area contributed by atoms with Gasteiger partial charge >= 0.3 is 0 Å². The van der Waals surface area contributed by atoms with Gasteiger partial charge in [-0.15, -0.1) is 11.3 Å². The van der Waals surface area contributed by atoms with Crippen LogP contribution in [0.5, 0.6) is 0 Å². The lowest BCUT2D eigenvalue weighted by molar-refractivity contribution is -0.117. The molecule has 9 heteroatoms. The normalized spacial score (nSPS) is 14.5. The number of carbonyl (C=O) groups excluding carboxylic acids is 1. The number of hydrogen-bond acceptors (Lipinski definition) is 3. The molecule has 0 radical (unpaired) electrons. The van der Waals surface area contributed by atoms with Crippen LogP contribution in [-0.2, 0) is 9.36 Å². The predicted octanol–water partition coefficient (Wildman–Crippen LogP) is 6.47. The Labute approximate surface area is 175 Å². The first kappa shape index (κ1) is 21.0. The highest BCUT2D eigenvalue weighted by molar-refractivity contribution is 7.58. The number of rotatable bonds is 5. The lowest BCUT2D eigenvalue weighted by Crippen LogP contribution is -2.30. The summed E-state index contributed by atoms with van der Waals surface area (Å²) in [5.41, 5.74) is -0.704. The third-order valence-corrected chi connectivity index (χ3v) is 7.14. The molecule has 0 spiro atoms. The van der Waals surface area contributed by atoms with Gasteiger partial charge in [-0.2, -0.15) is 0 Å².